The van der Waals surface area contributed by atoms with Gasteiger partial charge in [-0.25, -0.2) is 0 Å². The van der Waals surface area contributed by atoms with Crippen molar-refractivity contribution in [3.05, 3.63) is 59.7 Å². The molecule has 5 heteroatoms. The molecule has 0 aromatic heterocycles. The molecule has 0 amide bonds. The van der Waals surface area contributed by atoms with Gasteiger partial charge in [0, 0.05) is 27.9 Å². The van der Waals surface area contributed by atoms with Crippen LogP contribution in [0.25, 0.3) is 0 Å². The third-order valence-corrected chi connectivity index (χ3v) is 3.29. The topological polar surface area (TPSA) is 73.7 Å². The number of aromatic hydroxyl groups is 2. The Hall–Kier alpha value is -1.53. The fourth-order valence-electron chi connectivity index (χ4n) is 2.12. The van der Waals surface area contributed by atoms with Gasteiger partial charge in [-0.15, -0.1) is 0 Å². The molecule has 2 aromatic carbocycles. The number of rotatable bonds is 7. The summed E-state index contributed by atoms with van der Waals surface area (Å²) in [5, 5.41) is 23.6. The third-order valence-electron chi connectivity index (χ3n) is 3.29. The molecule has 2 aromatic rings. The molecular weight excluding hydrogens is 311 g/mol. The summed E-state index contributed by atoms with van der Waals surface area (Å²) in [7, 11) is 0. The molecule has 0 aliphatic carbocycles. The first-order valence-corrected chi connectivity index (χ1v) is 6.94. The van der Waals surface area contributed by atoms with Crippen LogP contribution in [0.5, 0.6) is 11.5 Å². The standard InChI is InChI=1S/C16H20N2O2.Co/c19-15-7-3-1-5-13(15)11-17-9-10-18-12-14-6-2-4-8-16(14)20;/h1-8,17-20H,9-12H2;/p+2. The van der Waals surface area contributed by atoms with Crippen LogP contribution in [0.2, 0.25) is 0 Å². The van der Waals surface area contributed by atoms with Gasteiger partial charge in [-0.05, 0) is 24.3 Å². The second-order valence-corrected chi connectivity index (χ2v) is 4.82. The average Bonchev–Trinajstić information content (AvgIpc) is 2.46. The maximum atomic E-state index is 9.64. The number of quaternary nitrogens is 2. The van der Waals surface area contributed by atoms with Gasteiger partial charge in [0.2, 0.25) is 0 Å². The van der Waals surface area contributed by atoms with Crippen LogP contribution in [-0.2, 0) is 29.9 Å². The Bertz CT molecular complexity index is 500. The summed E-state index contributed by atoms with van der Waals surface area (Å²) >= 11 is 0. The van der Waals surface area contributed by atoms with Crippen LogP contribution in [0.4, 0.5) is 0 Å². The Balaban J connectivity index is 0.00000220. The summed E-state index contributed by atoms with van der Waals surface area (Å²) in [4.78, 5) is 0. The SMILES string of the molecule is Oc1ccccc1C[NH2+]CC[NH2+]Cc1ccccc1O.[Co]. The van der Waals surface area contributed by atoms with Gasteiger partial charge >= 0.3 is 0 Å². The Morgan fingerprint density at radius 1 is 0.667 bits per heavy atom. The van der Waals surface area contributed by atoms with Crippen LogP contribution < -0.4 is 10.6 Å². The van der Waals surface area contributed by atoms with Crippen LogP contribution in [0, 0.1) is 0 Å². The summed E-state index contributed by atoms with van der Waals surface area (Å²) in [5.41, 5.74) is 1.93. The minimum atomic E-state index is 0. The van der Waals surface area contributed by atoms with Gasteiger partial charge in [-0.3, -0.25) is 0 Å². The van der Waals surface area contributed by atoms with Gasteiger partial charge in [-0.2, -0.15) is 0 Å². The second-order valence-electron chi connectivity index (χ2n) is 4.82. The molecule has 6 N–H and O–H groups in total. The molecule has 1 radical (unpaired) electrons. The van der Waals surface area contributed by atoms with Gasteiger partial charge < -0.3 is 20.8 Å². The summed E-state index contributed by atoms with van der Waals surface area (Å²) in [6.07, 6.45) is 0. The van der Waals surface area contributed by atoms with E-state index < -0.39 is 0 Å². The van der Waals surface area contributed by atoms with Crippen molar-refractivity contribution in [1.29, 1.82) is 0 Å². The molecule has 0 unspecified atom stereocenters. The van der Waals surface area contributed by atoms with E-state index in [1.807, 2.05) is 36.4 Å². The zero-order chi connectivity index (χ0) is 14.2. The van der Waals surface area contributed by atoms with Crippen molar-refractivity contribution in [2.24, 2.45) is 0 Å². The van der Waals surface area contributed by atoms with E-state index in [0.717, 1.165) is 37.3 Å². The van der Waals surface area contributed by atoms with E-state index in [0.29, 0.717) is 11.5 Å². The van der Waals surface area contributed by atoms with Crippen LogP contribution in [-0.4, -0.2) is 23.3 Å². The number of nitrogens with two attached hydrogens (primary N) is 2. The smallest absolute Gasteiger partial charge is 0.125 e. The maximum absolute atomic E-state index is 9.64. The first kappa shape index (κ1) is 17.5. The first-order valence-electron chi connectivity index (χ1n) is 6.94. The van der Waals surface area contributed by atoms with Gasteiger partial charge in [0.25, 0.3) is 0 Å². The Morgan fingerprint density at radius 2 is 1.05 bits per heavy atom. The van der Waals surface area contributed by atoms with E-state index in [1.165, 1.54) is 0 Å². The molecule has 0 spiro atoms. The van der Waals surface area contributed by atoms with Crippen molar-refractivity contribution < 1.29 is 37.6 Å². The number of benzene rings is 2. The number of hydrogen-bond donors (Lipinski definition) is 4. The van der Waals surface area contributed by atoms with Crippen LogP contribution >= 0.6 is 0 Å². The monoisotopic (exact) mass is 333 g/mol. The molecule has 0 atom stereocenters. The van der Waals surface area contributed by atoms with Crippen molar-refractivity contribution in [3.8, 4) is 11.5 Å². The first-order chi connectivity index (χ1) is 9.77. The molecule has 4 nitrogen and oxygen atoms in total. The molecule has 0 aliphatic rings. The molecule has 2 rings (SSSR count). The van der Waals surface area contributed by atoms with Gasteiger partial charge in [0.1, 0.15) is 37.7 Å². The molecule has 0 fully saturated rings. The van der Waals surface area contributed by atoms with Crippen molar-refractivity contribution in [2.45, 2.75) is 13.1 Å². The fraction of sp³-hybridized carbons (Fsp3) is 0.250. The third kappa shape index (κ3) is 5.77. The Morgan fingerprint density at radius 3 is 1.43 bits per heavy atom. The molecule has 0 saturated heterocycles. The molecule has 0 aliphatic heterocycles. The number of phenols is 2. The predicted octanol–water partition coefficient (Wildman–Crippen LogP) is -0.0777. The van der Waals surface area contributed by atoms with Crippen molar-refractivity contribution in [2.75, 3.05) is 13.1 Å². The van der Waals surface area contributed by atoms with Crippen molar-refractivity contribution >= 4 is 0 Å². The van der Waals surface area contributed by atoms with Crippen LogP contribution in [0.3, 0.4) is 0 Å². The quantitative estimate of drug-likeness (QED) is 0.535. The van der Waals surface area contributed by atoms with E-state index in [4.69, 9.17) is 0 Å². The van der Waals surface area contributed by atoms with E-state index >= 15 is 0 Å². The molecule has 0 bridgehead atoms. The zero-order valence-corrected chi connectivity index (χ0v) is 12.9. The number of phenolic OH excluding ortho intramolecular Hbond substituents is 2. The van der Waals surface area contributed by atoms with Crippen molar-refractivity contribution in [1.82, 2.24) is 0 Å². The second kappa shape index (κ2) is 9.41. The number of para-hydroxylation sites is 2. The van der Waals surface area contributed by atoms with E-state index in [-0.39, 0.29) is 16.8 Å². The molecule has 21 heavy (non-hydrogen) atoms. The largest absolute Gasteiger partial charge is 0.507 e. The van der Waals surface area contributed by atoms with E-state index in [1.54, 1.807) is 12.1 Å². The Kier molecular flexibility index (Phi) is 7.85. The van der Waals surface area contributed by atoms with Gasteiger partial charge in [0.15, 0.2) is 0 Å². The summed E-state index contributed by atoms with van der Waals surface area (Å²) in [6, 6.07) is 14.9. The van der Waals surface area contributed by atoms with E-state index in [9.17, 15) is 10.2 Å². The zero-order valence-electron chi connectivity index (χ0n) is 11.8. The van der Waals surface area contributed by atoms with Crippen LogP contribution in [0.1, 0.15) is 11.1 Å². The molecule has 115 valence electrons. The fourth-order valence-corrected chi connectivity index (χ4v) is 2.12. The van der Waals surface area contributed by atoms with E-state index in [2.05, 4.69) is 10.6 Å². The molecular formula is C16H22CoN2O2+2. The summed E-state index contributed by atoms with van der Waals surface area (Å²) in [5.74, 6) is 0.726. The van der Waals surface area contributed by atoms with Crippen LogP contribution in [0.15, 0.2) is 48.5 Å². The van der Waals surface area contributed by atoms with Gasteiger partial charge in [0.05, 0.1) is 0 Å². The molecule has 0 heterocycles. The van der Waals surface area contributed by atoms with Crippen molar-refractivity contribution in [3.63, 3.8) is 0 Å². The number of hydrogen-bond acceptors (Lipinski definition) is 2. The minimum absolute atomic E-state index is 0. The molecule has 0 saturated carbocycles. The Labute approximate surface area is 135 Å². The summed E-state index contributed by atoms with van der Waals surface area (Å²) in [6.45, 7) is 3.53. The predicted molar refractivity (Wildman–Crippen MR) is 77.2 cm³/mol. The minimum Gasteiger partial charge on any atom is -0.507 e. The summed E-state index contributed by atoms with van der Waals surface area (Å²) < 4.78 is 0. The normalized spacial score (nSPS) is 10.1. The maximum Gasteiger partial charge on any atom is 0.125 e. The van der Waals surface area contributed by atoms with Gasteiger partial charge in [-0.1, -0.05) is 24.3 Å². The average molecular weight is 333 g/mol.